The minimum atomic E-state index is -0.420. The number of amides is 3. The van der Waals surface area contributed by atoms with Crippen molar-refractivity contribution >= 4 is 17.6 Å². The van der Waals surface area contributed by atoms with E-state index in [2.05, 4.69) is 34.5 Å². The van der Waals surface area contributed by atoms with Crippen molar-refractivity contribution in [3.63, 3.8) is 0 Å². The Balaban J connectivity index is 1.42. The monoisotopic (exact) mass is 393 g/mol. The minimum Gasteiger partial charge on any atom is -0.360 e. The Bertz CT molecular complexity index is 875. The largest absolute Gasteiger partial charge is 0.414 e. The fourth-order valence-electron chi connectivity index (χ4n) is 4.62. The van der Waals surface area contributed by atoms with Crippen LogP contribution in [0.15, 0.2) is 54.6 Å². The smallest absolute Gasteiger partial charge is 0.360 e. The fourth-order valence-corrected chi connectivity index (χ4v) is 4.62. The maximum atomic E-state index is 12.9. The molecule has 1 heterocycles. The van der Waals surface area contributed by atoms with Crippen LogP contribution in [0.5, 0.6) is 0 Å². The zero-order chi connectivity index (χ0) is 20.3. The van der Waals surface area contributed by atoms with Gasteiger partial charge in [0.1, 0.15) is 13.1 Å². The average molecular weight is 394 g/mol. The van der Waals surface area contributed by atoms with Gasteiger partial charge in [0.2, 0.25) is 0 Å². The molecule has 1 saturated heterocycles. The van der Waals surface area contributed by atoms with E-state index < -0.39 is 6.03 Å². The summed E-state index contributed by atoms with van der Waals surface area (Å²) in [5, 5.41) is 3.17. The molecule has 6 heteroatoms. The number of hydrogen-bond donors (Lipinski definition) is 2. The average Bonchev–Trinajstić information content (AvgIpc) is 2.75. The van der Waals surface area contributed by atoms with Crippen LogP contribution >= 0.6 is 0 Å². The Morgan fingerprint density at radius 1 is 1.03 bits per heavy atom. The van der Waals surface area contributed by atoms with Gasteiger partial charge in [0.25, 0.3) is 5.91 Å². The number of nitrogens with one attached hydrogen (secondary N) is 1. The Kier molecular flexibility index (Phi) is 5.53. The number of carbonyl (C=O) groups is 2. The Hall–Kier alpha value is -2.86. The molecule has 6 nitrogen and oxygen atoms in total. The molecule has 0 aromatic heterocycles. The van der Waals surface area contributed by atoms with Crippen LogP contribution in [0.1, 0.15) is 30.0 Å². The van der Waals surface area contributed by atoms with Crippen molar-refractivity contribution in [2.75, 3.05) is 37.6 Å². The first kappa shape index (κ1) is 19.5. The summed E-state index contributed by atoms with van der Waals surface area (Å²) >= 11 is 0. The van der Waals surface area contributed by atoms with Crippen molar-refractivity contribution in [2.24, 2.45) is 5.73 Å². The third kappa shape index (κ3) is 4.12. The highest BCUT2D eigenvalue weighted by Gasteiger charge is 2.41. The summed E-state index contributed by atoms with van der Waals surface area (Å²) < 4.78 is 0.0174. The summed E-state index contributed by atoms with van der Waals surface area (Å²) in [5.74, 6) is -0.0985. The molecule has 4 rings (SSSR count). The van der Waals surface area contributed by atoms with Crippen LogP contribution in [0.4, 0.5) is 10.5 Å². The van der Waals surface area contributed by atoms with Crippen LogP contribution in [0.2, 0.25) is 0 Å². The first-order valence-electron chi connectivity index (χ1n) is 10.4. The van der Waals surface area contributed by atoms with Gasteiger partial charge >= 0.3 is 6.03 Å². The molecule has 3 amide bonds. The summed E-state index contributed by atoms with van der Waals surface area (Å²) in [6.07, 6.45) is 3.05. The number of para-hydroxylation sites is 1. The number of carbonyl (C=O) groups excluding carboxylic acids is 2. The Morgan fingerprint density at radius 2 is 1.72 bits per heavy atom. The van der Waals surface area contributed by atoms with Gasteiger partial charge in [-0.2, -0.15) is 0 Å². The number of primary amides is 1. The van der Waals surface area contributed by atoms with Gasteiger partial charge in [-0.3, -0.25) is 4.79 Å². The lowest BCUT2D eigenvalue weighted by Gasteiger charge is -2.41. The molecule has 0 spiro atoms. The fraction of sp³-hybridized carbons (Fsp3) is 0.391. The van der Waals surface area contributed by atoms with Gasteiger partial charge in [-0.1, -0.05) is 42.5 Å². The minimum absolute atomic E-state index is 0.0174. The third-order valence-corrected chi connectivity index (χ3v) is 6.34. The van der Waals surface area contributed by atoms with Crippen LogP contribution in [0.3, 0.4) is 0 Å². The molecule has 1 aliphatic heterocycles. The van der Waals surface area contributed by atoms with E-state index >= 15 is 0 Å². The summed E-state index contributed by atoms with van der Waals surface area (Å²) in [6, 6.07) is 18.0. The van der Waals surface area contributed by atoms with E-state index in [1.54, 1.807) is 0 Å². The van der Waals surface area contributed by atoms with Crippen molar-refractivity contribution < 1.29 is 14.1 Å². The van der Waals surface area contributed by atoms with Gasteiger partial charge < -0.3 is 16.0 Å². The SMILES string of the molecule is NC(=O)[N+]1(CC(=O)NC2CCCc3ccccc32)CCN(c2ccccc2)CC1. The maximum Gasteiger partial charge on any atom is 0.414 e. The molecule has 152 valence electrons. The Morgan fingerprint density at radius 3 is 2.45 bits per heavy atom. The molecule has 2 aliphatic rings. The second-order valence-corrected chi connectivity index (χ2v) is 8.12. The standard InChI is InChI=1S/C23H28N4O2/c24-23(29)27(15-13-26(14-16-27)19-9-2-1-3-10-19)17-22(28)25-21-12-6-8-18-7-4-5-11-20(18)21/h1-5,7,9-11,21H,6,8,12-17H2,(H2-,24,25,28,29)/p+1. The lowest BCUT2D eigenvalue weighted by molar-refractivity contribution is -0.842. The van der Waals surface area contributed by atoms with Gasteiger partial charge in [0.05, 0.1) is 19.1 Å². The van der Waals surface area contributed by atoms with Crippen molar-refractivity contribution in [1.29, 1.82) is 0 Å². The molecular formula is C23H29N4O2+. The molecule has 1 atom stereocenters. The molecule has 1 unspecified atom stereocenters. The number of rotatable bonds is 4. The number of benzene rings is 2. The normalized spacial score (nSPS) is 20.6. The maximum absolute atomic E-state index is 12.9. The van der Waals surface area contributed by atoms with Crippen molar-refractivity contribution in [3.05, 3.63) is 65.7 Å². The van der Waals surface area contributed by atoms with Crippen LogP contribution in [-0.2, 0) is 11.2 Å². The first-order valence-corrected chi connectivity index (χ1v) is 10.4. The molecule has 0 radical (unpaired) electrons. The van der Waals surface area contributed by atoms with Crippen LogP contribution in [0.25, 0.3) is 0 Å². The molecule has 0 bridgehead atoms. The summed E-state index contributed by atoms with van der Waals surface area (Å²) in [7, 11) is 0. The van der Waals surface area contributed by atoms with E-state index in [4.69, 9.17) is 5.73 Å². The highest BCUT2D eigenvalue weighted by molar-refractivity contribution is 5.80. The first-order chi connectivity index (χ1) is 14.1. The molecule has 3 N–H and O–H groups in total. The number of urea groups is 1. The van der Waals surface area contributed by atoms with Crippen LogP contribution in [-0.4, -0.2) is 49.1 Å². The number of anilines is 1. The number of quaternary nitrogens is 1. The highest BCUT2D eigenvalue weighted by Crippen LogP contribution is 2.29. The van der Waals surface area contributed by atoms with Crippen LogP contribution in [0, 0.1) is 0 Å². The molecule has 2 aromatic rings. The van der Waals surface area contributed by atoms with E-state index in [1.807, 2.05) is 30.3 Å². The lowest BCUT2D eigenvalue weighted by atomic mass is 9.88. The van der Waals surface area contributed by atoms with Gasteiger partial charge in [0.15, 0.2) is 6.54 Å². The van der Waals surface area contributed by atoms with E-state index in [-0.39, 0.29) is 23.0 Å². The zero-order valence-electron chi connectivity index (χ0n) is 16.7. The molecule has 0 saturated carbocycles. The topological polar surface area (TPSA) is 75.4 Å². The summed E-state index contributed by atoms with van der Waals surface area (Å²) in [4.78, 5) is 27.5. The molecular weight excluding hydrogens is 364 g/mol. The van der Waals surface area contributed by atoms with Crippen molar-refractivity contribution in [3.8, 4) is 0 Å². The number of nitrogens with zero attached hydrogens (tertiary/aromatic N) is 2. The predicted molar refractivity (Wildman–Crippen MR) is 113 cm³/mol. The summed E-state index contributed by atoms with van der Waals surface area (Å²) in [6.45, 7) is 2.59. The van der Waals surface area contributed by atoms with Crippen molar-refractivity contribution in [2.45, 2.75) is 25.3 Å². The van der Waals surface area contributed by atoms with Gasteiger partial charge in [-0.05, 0) is 42.5 Å². The lowest BCUT2D eigenvalue weighted by Crippen LogP contribution is -2.67. The van der Waals surface area contributed by atoms with E-state index in [0.717, 1.165) is 24.9 Å². The highest BCUT2D eigenvalue weighted by atomic mass is 16.2. The number of piperazine rings is 1. The van der Waals surface area contributed by atoms with E-state index in [0.29, 0.717) is 26.2 Å². The number of fused-ring (bicyclic) bond motifs is 1. The Labute approximate surface area is 171 Å². The van der Waals surface area contributed by atoms with E-state index in [1.165, 1.54) is 11.1 Å². The van der Waals surface area contributed by atoms with Gasteiger partial charge in [-0.25, -0.2) is 9.28 Å². The zero-order valence-corrected chi connectivity index (χ0v) is 16.7. The molecule has 2 aromatic carbocycles. The molecule has 1 fully saturated rings. The van der Waals surface area contributed by atoms with E-state index in [9.17, 15) is 9.59 Å². The number of aryl methyl sites for hydroxylation is 1. The molecule has 29 heavy (non-hydrogen) atoms. The molecule has 1 aliphatic carbocycles. The number of hydrogen-bond acceptors (Lipinski definition) is 3. The third-order valence-electron chi connectivity index (χ3n) is 6.34. The second-order valence-electron chi connectivity index (χ2n) is 8.12. The number of nitrogens with two attached hydrogens (primary N) is 1. The quantitative estimate of drug-likeness (QED) is 0.784. The van der Waals surface area contributed by atoms with Crippen molar-refractivity contribution in [1.82, 2.24) is 5.32 Å². The second kappa shape index (κ2) is 8.25. The predicted octanol–water partition coefficient (Wildman–Crippen LogP) is 2.60. The summed E-state index contributed by atoms with van der Waals surface area (Å²) in [5.41, 5.74) is 9.42. The van der Waals surface area contributed by atoms with Crippen LogP contribution < -0.4 is 16.0 Å². The van der Waals surface area contributed by atoms with Gasteiger partial charge in [-0.15, -0.1) is 0 Å². The van der Waals surface area contributed by atoms with Gasteiger partial charge in [0, 0.05) is 5.69 Å².